The van der Waals surface area contributed by atoms with Crippen molar-refractivity contribution in [1.82, 2.24) is 0 Å². The van der Waals surface area contributed by atoms with Crippen LogP contribution in [0.5, 0.6) is 0 Å². The minimum Gasteiger partial charge on any atom is -0.390 e. The Morgan fingerprint density at radius 1 is 1.30 bits per heavy atom. The van der Waals surface area contributed by atoms with Crippen molar-refractivity contribution in [2.24, 2.45) is 17.8 Å². The van der Waals surface area contributed by atoms with Gasteiger partial charge in [0.2, 0.25) is 0 Å². The summed E-state index contributed by atoms with van der Waals surface area (Å²) in [6.45, 7) is 7.58. The van der Waals surface area contributed by atoms with Crippen LogP contribution in [-0.4, -0.2) is 28.4 Å². The fourth-order valence-corrected chi connectivity index (χ4v) is 4.84. The van der Waals surface area contributed by atoms with Gasteiger partial charge in [0, 0.05) is 5.92 Å². The number of fused-ring (bicyclic) bond motifs is 1. The smallest absolute Gasteiger partial charge is 0.270 e. The first-order chi connectivity index (χ1) is 8.99. The van der Waals surface area contributed by atoms with Crippen LogP contribution < -0.4 is 0 Å². The number of hydrogen-bond donors (Lipinski definition) is 2. The summed E-state index contributed by atoms with van der Waals surface area (Å²) in [6, 6.07) is 0. The maximum atomic E-state index is 11.9. The van der Waals surface area contributed by atoms with Gasteiger partial charge in [-0.25, -0.2) is 0 Å². The van der Waals surface area contributed by atoms with Crippen molar-refractivity contribution >= 4 is 10.1 Å². The average molecular weight is 302 g/mol. The molecule has 4 unspecified atom stereocenters. The minimum atomic E-state index is -4.14. The molecule has 0 amide bonds. The molecule has 116 valence electrons. The van der Waals surface area contributed by atoms with Crippen molar-refractivity contribution in [3.63, 3.8) is 0 Å². The minimum absolute atomic E-state index is 0.106. The van der Waals surface area contributed by atoms with Crippen LogP contribution in [0.15, 0.2) is 11.6 Å². The largest absolute Gasteiger partial charge is 0.390 e. The average Bonchev–Trinajstić information content (AvgIpc) is 2.55. The van der Waals surface area contributed by atoms with E-state index >= 15 is 0 Å². The second-order valence-electron chi connectivity index (χ2n) is 7.21. The Balaban J connectivity index is 2.53. The summed E-state index contributed by atoms with van der Waals surface area (Å²) in [5.74, 6) is -0.0890. The predicted octanol–water partition coefficient (Wildman–Crippen LogP) is 2.79. The van der Waals surface area contributed by atoms with Gasteiger partial charge in [-0.3, -0.25) is 4.55 Å². The third-order valence-electron chi connectivity index (χ3n) is 5.53. The van der Waals surface area contributed by atoms with Gasteiger partial charge < -0.3 is 5.11 Å². The van der Waals surface area contributed by atoms with Gasteiger partial charge in [-0.1, -0.05) is 25.5 Å². The SMILES string of the molecule is CC(C)C1=CC2C(CCC2(C)S(=O)(=O)O)C(C)(O)CC1. The Bertz CT molecular complexity index is 518. The third kappa shape index (κ3) is 2.44. The zero-order chi connectivity index (χ0) is 15.3. The zero-order valence-corrected chi connectivity index (χ0v) is 13.6. The lowest BCUT2D eigenvalue weighted by Crippen LogP contribution is -2.44. The van der Waals surface area contributed by atoms with Gasteiger partial charge in [-0.05, 0) is 51.4 Å². The Labute approximate surface area is 122 Å². The molecule has 0 aromatic rings. The van der Waals surface area contributed by atoms with Crippen molar-refractivity contribution in [3.8, 4) is 0 Å². The van der Waals surface area contributed by atoms with Crippen molar-refractivity contribution in [2.45, 2.75) is 63.7 Å². The standard InChI is InChI=1S/C15H26O4S/c1-10(2)11-5-7-14(3,16)12-6-8-15(4,13(12)9-11)20(17,18)19/h9-10,12-13,16H,5-8H2,1-4H3,(H,17,18,19). The quantitative estimate of drug-likeness (QED) is 0.607. The number of hydrogen-bond acceptors (Lipinski definition) is 3. The van der Waals surface area contributed by atoms with E-state index in [1.165, 1.54) is 5.57 Å². The summed E-state index contributed by atoms with van der Waals surface area (Å²) < 4.78 is 32.2. The van der Waals surface area contributed by atoms with Crippen LogP contribution in [0, 0.1) is 17.8 Å². The highest BCUT2D eigenvalue weighted by Gasteiger charge is 2.57. The van der Waals surface area contributed by atoms with E-state index in [-0.39, 0.29) is 11.8 Å². The molecule has 0 aromatic heterocycles. The molecule has 0 radical (unpaired) electrons. The second-order valence-corrected chi connectivity index (χ2v) is 9.09. The van der Waals surface area contributed by atoms with E-state index in [0.717, 1.165) is 6.42 Å². The van der Waals surface area contributed by atoms with Crippen LogP contribution in [-0.2, 0) is 10.1 Å². The van der Waals surface area contributed by atoms with E-state index in [2.05, 4.69) is 13.8 Å². The molecule has 0 saturated heterocycles. The Morgan fingerprint density at radius 2 is 1.90 bits per heavy atom. The molecule has 0 spiro atoms. The van der Waals surface area contributed by atoms with E-state index in [4.69, 9.17) is 0 Å². The Morgan fingerprint density at radius 3 is 2.40 bits per heavy atom. The van der Waals surface area contributed by atoms with E-state index in [1.54, 1.807) is 13.8 Å². The summed E-state index contributed by atoms with van der Waals surface area (Å²) in [4.78, 5) is 0. The molecule has 20 heavy (non-hydrogen) atoms. The highest BCUT2D eigenvalue weighted by atomic mass is 32.2. The molecule has 4 nitrogen and oxygen atoms in total. The van der Waals surface area contributed by atoms with Gasteiger partial charge in [0.25, 0.3) is 10.1 Å². The van der Waals surface area contributed by atoms with Crippen molar-refractivity contribution in [3.05, 3.63) is 11.6 Å². The summed E-state index contributed by atoms with van der Waals surface area (Å²) in [6.07, 6.45) is 4.51. The molecule has 4 atom stereocenters. The molecule has 2 N–H and O–H groups in total. The first-order valence-corrected chi connectivity index (χ1v) is 8.83. The van der Waals surface area contributed by atoms with Crippen LogP contribution in [0.25, 0.3) is 0 Å². The van der Waals surface area contributed by atoms with Crippen molar-refractivity contribution < 1.29 is 18.1 Å². The summed E-state index contributed by atoms with van der Waals surface area (Å²) >= 11 is 0. The lowest BCUT2D eigenvalue weighted by molar-refractivity contribution is -0.0161. The van der Waals surface area contributed by atoms with Crippen molar-refractivity contribution in [1.29, 1.82) is 0 Å². The zero-order valence-electron chi connectivity index (χ0n) is 12.8. The maximum absolute atomic E-state index is 11.9. The molecule has 1 saturated carbocycles. The molecule has 0 aliphatic heterocycles. The second kappa shape index (κ2) is 4.82. The van der Waals surface area contributed by atoms with Crippen LogP contribution >= 0.6 is 0 Å². The molecule has 2 rings (SSSR count). The Kier molecular flexibility index (Phi) is 3.85. The first-order valence-electron chi connectivity index (χ1n) is 7.39. The maximum Gasteiger partial charge on any atom is 0.270 e. The molecule has 0 heterocycles. The lowest BCUT2D eigenvalue weighted by Gasteiger charge is -2.35. The first kappa shape index (κ1) is 16.0. The van der Waals surface area contributed by atoms with Crippen LogP contribution in [0.3, 0.4) is 0 Å². The molecular formula is C15H26O4S. The number of allylic oxidation sites excluding steroid dienone is 2. The Hall–Kier alpha value is -0.390. The predicted molar refractivity (Wildman–Crippen MR) is 78.9 cm³/mol. The van der Waals surface area contributed by atoms with E-state index in [9.17, 15) is 18.1 Å². The van der Waals surface area contributed by atoms with E-state index in [1.807, 2.05) is 6.08 Å². The highest BCUT2D eigenvalue weighted by molar-refractivity contribution is 7.87. The molecule has 1 fully saturated rings. The monoisotopic (exact) mass is 302 g/mol. The summed E-state index contributed by atoms with van der Waals surface area (Å²) in [5.41, 5.74) is 0.315. The van der Waals surface area contributed by atoms with Crippen LogP contribution in [0.4, 0.5) is 0 Å². The van der Waals surface area contributed by atoms with Crippen molar-refractivity contribution in [2.75, 3.05) is 0 Å². The molecular weight excluding hydrogens is 276 g/mol. The molecule has 2 aliphatic carbocycles. The highest BCUT2D eigenvalue weighted by Crippen LogP contribution is 2.53. The van der Waals surface area contributed by atoms with Gasteiger partial charge in [0.15, 0.2) is 0 Å². The topological polar surface area (TPSA) is 74.6 Å². The summed E-state index contributed by atoms with van der Waals surface area (Å²) in [5, 5.41) is 10.7. The van der Waals surface area contributed by atoms with Gasteiger partial charge in [-0.15, -0.1) is 0 Å². The molecule has 0 aromatic carbocycles. The lowest BCUT2D eigenvalue weighted by atomic mass is 9.78. The van der Waals surface area contributed by atoms with Gasteiger partial charge in [-0.2, -0.15) is 8.42 Å². The van der Waals surface area contributed by atoms with Gasteiger partial charge >= 0.3 is 0 Å². The fourth-order valence-electron chi connectivity index (χ4n) is 3.88. The molecule has 0 bridgehead atoms. The van der Waals surface area contributed by atoms with Gasteiger partial charge in [0.1, 0.15) is 4.75 Å². The number of aliphatic hydroxyl groups is 1. The van der Waals surface area contributed by atoms with Crippen LogP contribution in [0.2, 0.25) is 0 Å². The normalized spacial score (nSPS) is 42.2. The molecule has 5 heteroatoms. The molecule has 2 aliphatic rings. The van der Waals surface area contributed by atoms with Gasteiger partial charge in [0.05, 0.1) is 5.60 Å². The van der Waals surface area contributed by atoms with E-state index < -0.39 is 20.5 Å². The fraction of sp³-hybridized carbons (Fsp3) is 0.867. The van der Waals surface area contributed by atoms with Crippen LogP contribution in [0.1, 0.15) is 53.4 Å². The summed E-state index contributed by atoms with van der Waals surface area (Å²) in [7, 11) is -4.14. The van der Waals surface area contributed by atoms with E-state index in [0.29, 0.717) is 25.2 Å². The number of rotatable bonds is 2. The third-order valence-corrected chi connectivity index (χ3v) is 7.19.